The maximum absolute atomic E-state index is 14.8. The maximum Gasteiger partial charge on any atom is 0.346 e. The van der Waals surface area contributed by atoms with Crippen LogP contribution in [0.15, 0.2) is 115 Å². The molecule has 0 aliphatic rings. The van der Waals surface area contributed by atoms with E-state index in [1.165, 1.54) is 144 Å². The van der Waals surface area contributed by atoms with E-state index in [9.17, 15) is 23.6 Å². The Labute approximate surface area is 395 Å². The van der Waals surface area contributed by atoms with Crippen molar-refractivity contribution < 1.29 is 52.0 Å². The molecule has 0 atom stereocenters. The fraction of sp³-hybridized carbons (Fsp3) is 0.393. The SMILES string of the molecule is CCCCCCCCCCCCCCOc1ccc(C(=O)Oc2ccc(C(=O)Oc3ccc(F)c(C(=O)Oc4ccc(OC(=O)c5ccc(OCCCCCCCC)cc5)cc4)c3)cc2)cc1. The Morgan fingerprint density at radius 2 is 0.627 bits per heavy atom. The minimum atomic E-state index is -1.04. The van der Waals surface area contributed by atoms with Crippen molar-refractivity contribution in [3.05, 3.63) is 143 Å². The van der Waals surface area contributed by atoms with E-state index < -0.39 is 35.3 Å². The fourth-order valence-electron chi connectivity index (χ4n) is 7.20. The van der Waals surface area contributed by atoms with Crippen molar-refractivity contribution in [1.82, 2.24) is 0 Å². The van der Waals surface area contributed by atoms with E-state index in [1.807, 2.05) is 0 Å². The summed E-state index contributed by atoms with van der Waals surface area (Å²) in [5.41, 5.74) is 0.321. The van der Waals surface area contributed by atoms with Crippen molar-refractivity contribution >= 4 is 23.9 Å². The molecule has 10 nitrogen and oxygen atoms in total. The zero-order valence-electron chi connectivity index (χ0n) is 39.1. The van der Waals surface area contributed by atoms with Crippen LogP contribution < -0.4 is 28.4 Å². The average molecular weight is 917 g/mol. The molecule has 67 heavy (non-hydrogen) atoms. The third-order valence-electron chi connectivity index (χ3n) is 11.1. The summed E-state index contributed by atoms with van der Waals surface area (Å²) in [6.45, 7) is 5.68. The van der Waals surface area contributed by atoms with Gasteiger partial charge in [0, 0.05) is 0 Å². The van der Waals surface area contributed by atoms with E-state index in [4.69, 9.17) is 28.4 Å². The number of halogens is 1. The summed E-state index contributed by atoms with van der Waals surface area (Å²) in [5.74, 6) is -2.15. The quantitative estimate of drug-likeness (QED) is 0.0250. The van der Waals surface area contributed by atoms with Crippen molar-refractivity contribution in [3.8, 4) is 34.5 Å². The van der Waals surface area contributed by atoms with E-state index in [2.05, 4.69) is 13.8 Å². The van der Waals surface area contributed by atoms with Gasteiger partial charge < -0.3 is 28.4 Å². The van der Waals surface area contributed by atoms with Crippen LogP contribution in [0, 0.1) is 5.82 Å². The molecule has 0 amide bonds. The summed E-state index contributed by atoms with van der Waals surface area (Å²) < 4.78 is 48.2. The smallest absolute Gasteiger partial charge is 0.346 e. The van der Waals surface area contributed by atoms with Crippen molar-refractivity contribution in [2.24, 2.45) is 0 Å². The molecule has 0 saturated carbocycles. The lowest BCUT2D eigenvalue weighted by Gasteiger charge is -2.10. The van der Waals surface area contributed by atoms with Gasteiger partial charge in [-0.3, -0.25) is 0 Å². The minimum absolute atomic E-state index is 0.0607. The fourth-order valence-corrected chi connectivity index (χ4v) is 7.20. The summed E-state index contributed by atoms with van der Waals surface area (Å²) in [4.78, 5) is 51.5. The molecule has 0 unspecified atom stereocenters. The van der Waals surface area contributed by atoms with Gasteiger partial charge in [0.25, 0.3) is 0 Å². The first-order chi connectivity index (χ1) is 32.7. The third kappa shape index (κ3) is 18.7. The number of carbonyl (C=O) groups excluding carboxylic acids is 4. The van der Waals surface area contributed by atoms with Crippen LogP contribution in [0.2, 0.25) is 0 Å². The van der Waals surface area contributed by atoms with Gasteiger partial charge in [0.1, 0.15) is 40.3 Å². The number of rotatable bonds is 30. The molecule has 0 spiro atoms. The molecule has 5 rings (SSSR count). The van der Waals surface area contributed by atoms with Crippen molar-refractivity contribution in [2.45, 2.75) is 129 Å². The van der Waals surface area contributed by atoms with Crippen LogP contribution in [0.4, 0.5) is 4.39 Å². The highest BCUT2D eigenvalue weighted by atomic mass is 19.1. The molecule has 0 aliphatic carbocycles. The molecule has 11 heteroatoms. The molecule has 0 radical (unpaired) electrons. The second-order valence-corrected chi connectivity index (χ2v) is 16.6. The van der Waals surface area contributed by atoms with E-state index in [0.717, 1.165) is 37.8 Å². The molecule has 0 aliphatic heterocycles. The number of unbranched alkanes of at least 4 members (excludes halogenated alkanes) is 16. The van der Waals surface area contributed by atoms with Crippen LogP contribution in [-0.4, -0.2) is 37.1 Å². The topological polar surface area (TPSA) is 124 Å². The van der Waals surface area contributed by atoms with Gasteiger partial charge in [-0.15, -0.1) is 0 Å². The second-order valence-electron chi connectivity index (χ2n) is 16.6. The first kappa shape index (κ1) is 51.5. The second kappa shape index (κ2) is 29.2. The van der Waals surface area contributed by atoms with Crippen LogP contribution in [-0.2, 0) is 0 Å². The molecule has 0 N–H and O–H groups in total. The Bertz CT molecular complexity index is 2250. The predicted molar refractivity (Wildman–Crippen MR) is 257 cm³/mol. The van der Waals surface area contributed by atoms with Crippen molar-refractivity contribution in [2.75, 3.05) is 13.2 Å². The summed E-state index contributed by atoms with van der Waals surface area (Å²) >= 11 is 0. The van der Waals surface area contributed by atoms with E-state index in [1.54, 1.807) is 48.5 Å². The molecule has 5 aromatic rings. The molecule has 0 aromatic heterocycles. The van der Waals surface area contributed by atoms with Crippen molar-refractivity contribution in [3.63, 3.8) is 0 Å². The van der Waals surface area contributed by atoms with E-state index >= 15 is 0 Å². The van der Waals surface area contributed by atoms with Gasteiger partial charge in [-0.05, 0) is 128 Å². The normalized spacial score (nSPS) is 10.9. The van der Waals surface area contributed by atoms with Gasteiger partial charge in [0.15, 0.2) is 0 Å². The standard InChI is InChI=1S/C56H65FO10/c1-3-5-7-9-11-12-13-14-15-16-18-20-40-63-46-27-21-42(22-28-46)53(58)64-47-31-25-44(26-32-47)55(60)67-50-37-38-52(57)51(41-50)56(61)66-49-35-33-48(34-36-49)65-54(59)43-23-29-45(30-24-43)62-39-19-17-10-8-6-4-2/h21-38,41H,3-20,39-40H2,1-2H3. The molecule has 356 valence electrons. The Kier molecular flexibility index (Phi) is 22.5. The molecule has 0 bridgehead atoms. The van der Waals surface area contributed by atoms with Gasteiger partial charge >= 0.3 is 23.9 Å². The van der Waals surface area contributed by atoms with Gasteiger partial charge in [-0.2, -0.15) is 0 Å². The lowest BCUT2D eigenvalue weighted by atomic mass is 10.1. The number of benzene rings is 5. The average Bonchev–Trinajstić information content (AvgIpc) is 3.34. The zero-order chi connectivity index (χ0) is 47.5. The first-order valence-corrected chi connectivity index (χ1v) is 24.1. The summed E-state index contributed by atoms with van der Waals surface area (Å²) in [7, 11) is 0. The van der Waals surface area contributed by atoms with Crippen LogP contribution in [0.25, 0.3) is 0 Å². The maximum atomic E-state index is 14.8. The molecular weight excluding hydrogens is 852 g/mol. The Morgan fingerprint density at radius 1 is 0.343 bits per heavy atom. The van der Waals surface area contributed by atoms with Crippen LogP contribution >= 0.6 is 0 Å². The number of ether oxygens (including phenoxy) is 6. The molecule has 0 fully saturated rings. The number of esters is 4. The third-order valence-corrected chi connectivity index (χ3v) is 11.1. The Morgan fingerprint density at radius 3 is 1.00 bits per heavy atom. The lowest BCUT2D eigenvalue weighted by Crippen LogP contribution is -2.13. The van der Waals surface area contributed by atoms with Gasteiger partial charge in [-0.25, -0.2) is 23.6 Å². The van der Waals surface area contributed by atoms with Crippen LogP contribution in [0.1, 0.15) is 171 Å². The number of hydrogen-bond acceptors (Lipinski definition) is 10. The minimum Gasteiger partial charge on any atom is -0.494 e. The zero-order valence-corrected chi connectivity index (χ0v) is 39.1. The van der Waals surface area contributed by atoms with Gasteiger partial charge in [0.2, 0.25) is 0 Å². The van der Waals surface area contributed by atoms with E-state index in [-0.39, 0.29) is 28.6 Å². The summed E-state index contributed by atoms with van der Waals surface area (Å²) in [6.07, 6.45) is 22.4. The lowest BCUT2D eigenvalue weighted by molar-refractivity contribution is 0.0709. The molecule has 0 heterocycles. The Balaban J connectivity index is 1.00. The van der Waals surface area contributed by atoms with E-state index in [0.29, 0.717) is 35.8 Å². The van der Waals surface area contributed by atoms with Crippen molar-refractivity contribution in [1.29, 1.82) is 0 Å². The van der Waals surface area contributed by atoms with Crippen LogP contribution in [0.5, 0.6) is 34.5 Å². The molecular formula is C56H65FO10. The van der Waals surface area contributed by atoms with Crippen LogP contribution in [0.3, 0.4) is 0 Å². The molecule has 0 saturated heterocycles. The van der Waals surface area contributed by atoms with Gasteiger partial charge in [0.05, 0.1) is 35.5 Å². The monoisotopic (exact) mass is 916 g/mol. The highest BCUT2D eigenvalue weighted by molar-refractivity contribution is 5.94. The summed E-state index contributed by atoms with van der Waals surface area (Å²) in [5, 5.41) is 0. The number of hydrogen-bond donors (Lipinski definition) is 0. The summed E-state index contributed by atoms with van der Waals surface area (Å²) in [6, 6.07) is 28.1. The predicted octanol–water partition coefficient (Wildman–Crippen LogP) is 14.5. The highest BCUT2D eigenvalue weighted by Crippen LogP contribution is 2.25. The Hall–Kier alpha value is -6.49. The largest absolute Gasteiger partial charge is 0.494 e. The highest BCUT2D eigenvalue weighted by Gasteiger charge is 2.19. The number of carbonyl (C=O) groups is 4. The molecule has 5 aromatic carbocycles. The van der Waals surface area contributed by atoms with Gasteiger partial charge in [-0.1, -0.05) is 117 Å². The first-order valence-electron chi connectivity index (χ1n) is 24.1.